The van der Waals surface area contributed by atoms with Crippen molar-refractivity contribution in [1.29, 1.82) is 0 Å². The first kappa shape index (κ1) is 13.0. The predicted octanol–water partition coefficient (Wildman–Crippen LogP) is 1.17. The highest BCUT2D eigenvalue weighted by atomic mass is 32.1. The average molecular weight is 267 g/mol. The molecule has 0 atom stereocenters. The van der Waals surface area contributed by atoms with Crippen molar-refractivity contribution in [3.63, 3.8) is 0 Å². The Morgan fingerprint density at radius 2 is 2.28 bits per heavy atom. The molecule has 1 fully saturated rings. The summed E-state index contributed by atoms with van der Waals surface area (Å²) in [4.78, 5) is 26.0. The Labute approximate surface area is 110 Å². The van der Waals surface area contributed by atoms with Crippen LogP contribution in [0.15, 0.2) is 17.5 Å². The Morgan fingerprint density at radius 3 is 2.89 bits per heavy atom. The molecule has 2 N–H and O–H groups in total. The second-order valence-corrected chi connectivity index (χ2v) is 5.58. The molecule has 1 heterocycles. The van der Waals surface area contributed by atoms with E-state index >= 15 is 0 Å². The zero-order valence-electron chi connectivity index (χ0n) is 10.3. The molecule has 2 rings (SSSR count). The van der Waals surface area contributed by atoms with Crippen LogP contribution in [-0.4, -0.2) is 36.5 Å². The zero-order valence-corrected chi connectivity index (χ0v) is 11.1. The Balaban J connectivity index is 1.67. The molecule has 0 unspecified atom stereocenters. The summed E-state index contributed by atoms with van der Waals surface area (Å²) in [5, 5.41) is 7.06. The number of urea groups is 1. The van der Waals surface area contributed by atoms with Crippen LogP contribution in [0.1, 0.15) is 17.7 Å². The van der Waals surface area contributed by atoms with Gasteiger partial charge in [0.2, 0.25) is 5.91 Å². The molecule has 0 aromatic carbocycles. The lowest BCUT2D eigenvalue weighted by molar-refractivity contribution is -0.120. The number of carbonyl (C=O) groups excluding carboxylic acids is 2. The molecule has 0 aliphatic heterocycles. The molecule has 1 saturated carbocycles. The SMILES string of the molecule is CN(CC(=O)NC(=O)NC1CC1)Cc1cccs1. The normalized spacial score (nSPS) is 14.6. The van der Waals surface area contributed by atoms with Crippen molar-refractivity contribution in [3.05, 3.63) is 22.4 Å². The summed E-state index contributed by atoms with van der Waals surface area (Å²) in [5.74, 6) is -0.271. The molecular formula is C12H17N3O2S. The smallest absolute Gasteiger partial charge is 0.321 e. The largest absolute Gasteiger partial charge is 0.335 e. The van der Waals surface area contributed by atoms with Crippen LogP contribution in [0.3, 0.4) is 0 Å². The number of imide groups is 1. The summed E-state index contributed by atoms with van der Waals surface area (Å²) in [6.07, 6.45) is 2.03. The van der Waals surface area contributed by atoms with Crippen LogP contribution in [0, 0.1) is 0 Å². The lowest BCUT2D eigenvalue weighted by Gasteiger charge is -2.14. The highest BCUT2D eigenvalue weighted by Crippen LogP contribution is 2.18. The minimum absolute atomic E-state index is 0.218. The highest BCUT2D eigenvalue weighted by molar-refractivity contribution is 7.09. The molecule has 1 aliphatic rings. The first-order valence-corrected chi connectivity index (χ1v) is 6.83. The van der Waals surface area contributed by atoms with Crippen LogP contribution < -0.4 is 10.6 Å². The molecule has 1 aromatic rings. The molecule has 18 heavy (non-hydrogen) atoms. The number of carbonyl (C=O) groups is 2. The number of nitrogens with zero attached hydrogens (tertiary/aromatic N) is 1. The van der Waals surface area contributed by atoms with Gasteiger partial charge in [-0.3, -0.25) is 15.0 Å². The zero-order chi connectivity index (χ0) is 13.0. The van der Waals surface area contributed by atoms with Crippen molar-refractivity contribution in [2.75, 3.05) is 13.6 Å². The average Bonchev–Trinajstić information content (AvgIpc) is 2.92. The van der Waals surface area contributed by atoms with Gasteiger partial charge in [-0.15, -0.1) is 11.3 Å². The maximum absolute atomic E-state index is 11.6. The van der Waals surface area contributed by atoms with Crippen molar-refractivity contribution in [2.24, 2.45) is 0 Å². The summed E-state index contributed by atoms with van der Waals surface area (Å²) < 4.78 is 0. The number of likely N-dealkylation sites (N-methyl/N-ethyl adjacent to an activating group) is 1. The number of hydrogen-bond donors (Lipinski definition) is 2. The van der Waals surface area contributed by atoms with E-state index in [1.165, 1.54) is 4.88 Å². The van der Waals surface area contributed by atoms with Crippen molar-refractivity contribution in [3.8, 4) is 0 Å². The van der Waals surface area contributed by atoms with E-state index in [0.717, 1.165) is 19.4 Å². The fraction of sp³-hybridized carbons (Fsp3) is 0.500. The van der Waals surface area contributed by atoms with Gasteiger partial charge in [-0.1, -0.05) is 6.07 Å². The van der Waals surface area contributed by atoms with Crippen LogP contribution in [0.5, 0.6) is 0 Å². The Morgan fingerprint density at radius 1 is 1.50 bits per heavy atom. The third-order valence-corrected chi connectivity index (χ3v) is 3.45. The topological polar surface area (TPSA) is 61.4 Å². The molecule has 6 heteroatoms. The van der Waals surface area contributed by atoms with E-state index in [0.29, 0.717) is 0 Å². The predicted molar refractivity (Wildman–Crippen MR) is 70.3 cm³/mol. The van der Waals surface area contributed by atoms with E-state index in [1.54, 1.807) is 11.3 Å². The van der Waals surface area contributed by atoms with Crippen LogP contribution in [0.25, 0.3) is 0 Å². The summed E-state index contributed by atoms with van der Waals surface area (Å²) in [6, 6.07) is 3.89. The molecule has 0 radical (unpaired) electrons. The molecule has 0 bridgehead atoms. The Kier molecular flexibility index (Phi) is 4.33. The van der Waals surface area contributed by atoms with Crippen molar-refractivity contribution >= 4 is 23.3 Å². The number of hydrogen-bond acceptors (Lipinski definition) is 4. The van der Waals surface area contributed by atoms with Crippen LogP contribution in [0.2, 0.25) is 0 Å². The number of amides is 3. The molecule has 0 saturated heterocycles. The fourth-order valence-corrected chi connectivity index (χ4v) is 2.37. The van der Waals surface area contributed by atoms with Gasteiger partial charge in [-0.25, -0.2) is 4.79 Å². The molecular weight excluding hydrogens is 250 g/mol. The second kappa shape index (κ2) is 5.97. The molecule has 3 amide bonds. The van der Waals surface area contributed by atoms with Crippen molar-refractivity contribution in [2.45, 2.75) is 25.4 Å². The summed E-state index contributed by atoms with van der Waals surface area (Å²) in [7, 11) is 1.86. The van der Waals surface area contributed by atoms with Gasteiger partial charge in [0.1, 0.15) is 0 Å². The fourth-order valence-electron chi connectivity index (χ4n) is 1.58. The third kappa shape index (κ3) is 4.46. The van der Waals surface area contributed by atoms with Gasteiger partial charge >= 0.3 is 6.03 Å². The van der Waals surface area contributed by atoms with Crippen molar-refractivity contribution < 1.29 is 9.59 Å². The molecule has 98 valence electrons. The van der Waals surface area contributed by atoms with Crippen LogP contribution in [0.4, 0.5) is 4.79 Å². The van der Waals surface area contributed by atoms with Gasteiger partial charge in [0, 0.05) is 17.5 Å². The monoisotopic (exact) mass is 267 g/mol. The van der Waals surface area contributed by atoms with Gasteiger partial charge in [0.25, 0.3) is 0 Å². The highest BCUT2D eigenvalue weighted by Gasteiger charge is 2.23. The van der Waals surface area contributed by atoms with E-state index in [-0.39, 0.29) is 24.5 Å². The molecule has 0 spiro atoms. The first-order chi connectivity index (χ1) is 8.63. The van der Waals surface area contributed by atoms with Gasteiger partial charge in [-0.05, 0) is 31.3 Å². The maximum Gasteiger partial charge on any atom is 0.321 e. The number of thiophene rings is 1. The standard InChI is InChI=1S/C12H17N3O2S/c1-15(7-10-3-2-6-18-10)8-11(16)14-12(17)13-9-4-5-9/h2-3,6,9H,4-5,7-8H2,1H3,(H2,13,14,16,17). The van der Waals surface area contributed by atoms with E-state index < -0.39 is 0 Å². The van der Waals surface area contributed by atoms with E-state index in [9.17, 15) is 9.59 Å². The maximum atomic E-state index is 11.6. The minimum atomic E-state index is -0.382. The molecule has 5 nitrogen and oxygen atoms in total. The van der Waals surface area contributed by atoms with Gasteiger partial charge in [0.05, 0.1) is 6.54 Å². The van der Waals surface area contributed by atoms with Crippen LogP contribution >= 0.6 is 11.3 Å². The minimum Gasteiger partial charge on any atom is -0.335 e. The lowest BCUT2D eigenvalue weighted by atomic mass is 10.4. The summed E-state index contributed by atoms with van der Waals surface area (Å²) in [6.45, 7) is 0.936. The van der Waals surface area contributed by atoms with Gasteiger partial charge < -0.3 is 5.32 Å². The number of nitrogens with one attached hydrogen (secondary N) is 2. The van der Waals surface area contributed by atoms with Gasteiger partial charge in [0.15, 0.2) is 0 Å². The number of rotatable bonds is 5. The van der Waals surface area contributed by atoms with E-state index in [4.69, 9.17) is 0 Å². The second-order valence-electron chi connectivity index (χ2n) is 4.55. The third-order valence-electron chi connectivity index (χ3n) is 2.58. The summed E-state index contributed by atoms with van der Waals surface area (Å²) in [5.41, 5.74) is 0. The quantitative estimate of drug-likeness (QED) is 0.842. The Hall–Kier alpha value is -1.40. The van der Waals surface area contributed by atoms with E-state index in [1.807, 2.05) is 29.5 Å². The van der Waals surface area contributed by atoms with Crippen molar-refractivity contribution in [1.82, 2.24) is 15.5 Å². The first-order valence-electron chi connectivity index (χ1n) is 5.95. The summed E-state index contributed by atoms with van der Waals surface area (Å²) >= 11 is 1.66. The van der Waals surface area contributed by atoms with E-state index in [2.05, 4.69) is 10.6 Å². The molecule has 1 aromatic heterocycles. The lowest BCUT2D eigenvalue weighted by Crippen LogP contribution is -2.44. The van der Waals surface area contributed by atoms with Crippen LogP contribution in [-0.2, 0) is 11.3 Å². The van der Waals surface area contributed by atoms with Gasteiger partial charge in [-0.2, -0.15) is 0 Å². The molecule has 1 aliphatic carbocycles. The Bertz CT molecular complexity index is 415.